The van der Waals surface area contributed by atoms with Crippen LogP contribution in [0.5, 0.6) is 0 Å². The Hall–Kier alpha value is -1.16. The Labute approximate surface area is 90.7 Å². The van der Waals surface area contributed by atoms with Gasteiger partial charge in [-0.05, 0) is 31.8 Å². The van der Waals surface area contributed by atoms with Gasteiger partial charge in [-0.2, -0.15) is 0 Å². The molecule has 1 saturated heterocycles. The molecule has 0 unspecified atom stereocenters. The highest BCUT2D eigenvalue weighted by Crippen LogP contribution is 2.15. The number of aromatic nitrogens is 2. The molecule has 0 radical (unpaired) electrons. The molecule has 0 aliphatic carbocycles. The second kappa shape index (κ2) is 5.07. The number of nitrogens with zero attached hydrogens (tertiary/aromatic N) is 3. The first-order valence-electron chi connectivity index (χ1n) is 5.54. The second-order valence-corrected chi connectivity index (χ2v) is 4.14. The third kappa shape index (κ3) is 2.89. The summed E-state index contributed by atoms with van der Waals surface area (Å²) in [4.78, 5) is 10.6. The molecule has 0 atom stereocenters. The highest BCUT2D eigenvalue weighted by molar-refractivity contribution is 5.33. The van der Waals surface area contributed by atoms with E-state index in [2.05, 4.69) is 27.2 Å². The van der Waals surface area contributed by atoms with Crippen molar-refractivity contribution >= 4 is 5.82 Å². The average molecular weight is 206 g/mol. The van der Waals surface area contributed by atoms with Gasteiger partial charge in [0.05, 0.1) is 6.20 Å². The third-order valence-corrected chi connectivity index (χ3v) is 2.93. The molecule has 0 amide bonds. The molecule has 1 aromatic heterocycles. The summed E-state index contributed by atoms with van der Waals surface area (Å²) in [6.07, 6.45) is 7.81. The van der Waals surface area contributed by atoms with Crippen molar-refractivity contribution in [3.63, 3.8) is 0 Å². The zero-order valence-electron chi connectivity index (χ0n) is 9.19. The highest BCUT2D eigenvalue weighted by atomic mass is 15.2. The number of rotatable bonds is 3. The van der Waals surface area contributed by atoms with Gasteiger partial charge in [-0.15, -0.1) is 0 Å². The predicted molar refractivity (Wildman–Crippen MR) is 60.9 cm³/mol. The maximum Gasteiger partial charge on any atom is 0.146 e. The zero-order chi connectivity index (χ0) is 10.5. The van der Waals surface area contributed by atoms with Crippen molar-refractivity contribution in [2.24, 2.45) is 5.92 Å². The minimum absolute atomic E-state index is 0.790. The lowest BCUT2D eigenvalue weighted by atomic mass is 9.98. The van der Waals surface area contributed by atoms with Crippen molar-refractivity contribution in [2.45, 2.75) is 12.8 Å². The van der Waals surface area contributed by atoms with E-state index < -0.39 is 0 Å². The Morgan fingerprint density at radius 3 is 2.87 bits per heavy atom. The maximum absolute atomic E-state index is 4.29. The van der Waals surface area contributed by atoms with E-state index in [1.807, 2.05) is 6.20 Å². The van der Waals surface area contributed by atoms with Crippen LogP contribution in [0.25, 0.3) is 0 Å². The predicted octanol–water partition coefficient (Wildman–Crippen LogP) is 0.912. The summed E-state index contributed by atoms with van der Waals surface area (Å²) in [7, 11) is 2.09. The van der Waals surface area contributed by atoms with Crippen LogP contribution in [0.2, 0.25) is 0 Å². The molecule has 0 bridgehead atoms. The van der Waals surface area contributed by atoms with Crippen molar-refractivity contribution in [2.75, 3.05) is 31.6 Å². The van der Waals surface area contributed by atoms with Gasteiger partial charge in [0.25, 0.3) is 0 Å². The minimum atomic E-state index is 0.790. The summed E-state index contributed by atoms with van der Waals surface area (Å²) in [5, 5.41) is 3.38. The molecule has 4 nitrogen and oxygen atoms in total. The molecule has 1 aliphatic rings. The first-order chi connectivity index (χ1) is 7.36. The summed E-state index contributed by atoms with van der Waals surface area (Å²) < 4.78 is 0. The van der Waals surface area contributed by atoms with E-state index in [4.69, 9.17) is 0 Å². The van der Waals surface area contributed by atoms with Crippen LogP contribution in [0, 0.1) is 5.92 Å². The van der Waals surface area contributed by atoms with Gasteiger partial charge in [-0.25, -0.2) is 4.98 Å². The average Bonchev–Trinajstić information content (AvgIpc) is 2.31. The SMILES string of the molecule is CN(CC1CCNCC1)c1cnccn1. The van der Waals surface area contributed by atoms with Crippen LogP contribution in [0.4, 0.5) is 5.82 Å². The largest absolute Gasteiger partial charge is 0.358 e. The van der Waals surface area contributed by atoms with Crippen molar-refractivity contribution in [3.05, 3.63) is 18.6 Å². The fourth-order valence-corrected chi connectivity index (χ4v) is 2.03. The molecule has 15 heavy (non-hydrogen) atoms. The summed E-state index contributed by atoms with van der Waals surface area (Å²) in [6, 6.07) is 0. The topological polar surface area (TPSA) is 41.0 Å². The highest BCUT2D eigenvalue weighted by Gasteiger charge is 2.15. The van der Waals surface area contributed by atoms with Crippen LogP contribution in [0.15, 0.2) is 18.6 Å². The summed E-state index contributed by atoms with van der Waals surface area (Å²) >= 11 is 0. The Kier molecular flexibility index (Phi) is 3.50. The molecule has 82 valence electrons. The lowest BCUT2D eigenvalue weighted by Gasteiger charge is -2.27. The standard InChI is InChI=1S/C11H18N4/c1-15(11-8-13-6-7-14-11)9-10-2-4-12-5-3-10/h6-8,10,12H,2-5,9H2,1H3. The fourth-order valence-electron chi connectivity index (χ4n) is 2.03. The van der Waals surface area contributed by atoms with Gasteiger partial charge in [0.1, 0.15) is 5.82 Å². The number of piperidine rings is 1. The van der Waals surface area contributed by atoms with Crippen molar-refractivity contribution in [1.82, 2.24) is 15.3 Å². The molecule has 1 aliphatic heterocycles. The van der Waals surface area contributed by atoms with Gasteiger partial charge >= 0.3 is 0 Å². The van der Waals surface area contributed by atoms with Crippen molar-refractivity contribution in [3.8, 4) is 0 Å². The summed E-state index contributed by atoms with van der Waals surface area (Å²) in [5.41, 5.74) is 0. The van der Waals surface area contributed by atoms with Crippen molar-refractivity contribution < 1.29 is 0 Å². The normalized spacial score (nSPS) is 17.7. The molecule has 2 rings (SSSR count). The smallest absolute Gasteiger partial charge is 0.146 e. The summed E-state index contributed by atoms with van der Waals surface area (Å²) in [5.74, 6) is 1.76. The Morgan fingerprint density at radius 2 is 2.20 bits per heavy atom. The van der Waals surface area contributed by atoms with Crippen LogP contribution in [-0.2, 0) is 0 Å². The van der Waals surface area contributed by atoms with Crippen LogP contribution in [0.3, 0.4) is 0 Å². The minimum Gasteiger partial charge on any atom is -0.358 e. The van der Waals surface area contributed by atoms with Gasteiger partial charge in [-0.1, -0.05) is 0 Å². The number of anilines is 1. The van der Waals surface area contributed by atoms with E-state index in [-0.39, 0.29) is 0 Å². The second-order valence-electron chi connectivity index (χ2n) is 4.14. The monoisotopic (exact) mass is 206 g/mol. The van der Waals surface area contributed by atoms with Crippen LogP contribution in [0.1, 0.15) is 12.8 Å². The first-order valence-corrected chi connectivity index (χ1v) is 5.54. The molecule has 1 fully saturated rings. The lowest BCUT2D eigenvalue weighted by molar-refractivity contribution is 0.377. The molecule has 1 N–H and O–H groups in total. The Bertz CT molecular complexity index is 282. The first kappa shape index (κ1) is 10.4. The lowest BCUT2D eigenvalue weighted by Crippen LogP contribution is -2.34. The molecule has 2 heterocycles. The van der Waals surface area contributed by atoms with E-state index >= 15 is 0 Å². The van der Waals surface area contributed by atoms with E-state index in [0.29, 0.717) is 0 Å². The fraction of sp³-hybridized carbons (Fsp3) is 0.636. The van der Waals surface area contributed by atoms with Crippen LogP contribution >= 0.6 is 0 Å². The molecule has 1 aromatic rings. The van der Waals surface area contributed by atoms with Crippen LogP contribution < -0.4 is 10.2 Å². The van der Waals surface area contributed by atoms with Gasteiger partial charge in [0.15, 0.2) is 0 Å². The van der Waals surface area contributed by atoms with E-state index in [9.17, 15) is 0 Å². The summed E-state index contributed by atoms with van der Waals surface area (Å²) in [6.45, 7) is 3.39. The van der Waals surface area contributed by atoms with E-state index in [0.717, 1.165) is 31.4 Å². The molecular weight excluding hydrogens is 188 g/mol. The number of hydrogen-bond acceptors (Lipinski definition) is 4. The molecule has 0 aromatic carbocycles. The number of nitrogens with one attached hydrogen (secondary N) is 1. The number of hydrogen-bond donors (Lipinski definition) is 1. The third-order valence-electron chi connectivity index (χ3n) is 2.93. The quantitative estimate of drug-likeness (QED) is 0.798. The van der Waals surface area contributed by atoms with Crippen LogP contribution in [-0.4, -0.2) is 36.6 Å². The Morgan fingerprint density at radius 1 is 1.40 bits per heavy atom. The van der Waals surface area contributed by atoms with E-state index in [1.165, 1.54) is 12.8 Å². The molecule has 4 heteroatoms. The van der Waals surface area contributed by atoms with Crippen molar-refractivity contribution in [1.29, 1.82) is 0 Å². The zero-order valence-corrected chi connectivity index (χ0v) is 9.19. The maximum atomic E-state index is 4.29. The molecule has 0 saturated carbocycles. The molecular formula is C11H18N4. The Balaban J connectivity index is 1.88. The van der Waals surface area contributed by atoms with Gasteiger partial charge in [0.2, 0.25) is 0 Å². The van der Waals surface area contributed by atoms with Gasteiger partial charge in [-0.3, -0.25) is 4.98 Å². The van der Waals surface area contributed by atoms with Gasteiger partial charge in [0, 0.05) is 26.0 Å². The van der Waals surface area contributed by atoms with E-state index in [1.54, 1.807) is 12.4 Å². The van der Waals surface area contributed by atoms with Gasteiger partial charge < -0.3 is 10.2 Å². The molecule has 0 spiro atoms.